The highest BCUT2D eigenvalue weighted by Crippen LogP contribution is 2.26. The van der Waals surface area contributed by atoms with Gasteiger partial charge >= 0.3 is 0 Å². The van der Waals surface area contributed by atoms with Gasteiger partial charge in [0, 0.05) is 23.2 Å². The number of fused-ring (bicyclic) bond motifs is 1. The van der Waals surface area contributed by atoms with Gasteiger partial charge in [-0.25, -0.2) is 0 Å². The van der Waals surface area contributed by atoms with Crippen molar-refractivity contribution in [2.45, 2.75) is 13.0 Å². The van der Waals surface area contributed by atoms with Crippen molar-refractivity contribution in [3.05, 3.63) is 57.6 Å². The molecule has 0 spiro atoms. The molecule has 4 nitrogen and oxygen atoms in total. The van der Waals surface area contributed by atoms with E-state index in [0.29, 0.717) is 24.3 Å². The predicted octanol–water partition coefficient (Wildman–Crippen LogP) is 2.94. The number of aromatic hydroxyl groups is 1. The van der Waals surface area contributed by atoms with Gasteiger partial charge in [-0.2, -0.15) is 0 Å². The van der Waals surface area contributed by atoms with Gasteiger partial charge in [0.25, 0.3) is 5.91 Å². The van der Waals surface area contributed by atoms with E-state index < -0.39 is 0 Å². The number of benzene rings is 2. The standard InChI is InChI=1S/C16H15BrN2O2/c17-15-4-2-12(18)8-14(15)16(21)19-6-5-10-1-3-13(20)7-11(10)9-19/h1-4,7-8,20H,5-6,9,18H2. The van der Waals surface area contributed by atoms with Crippen molar-refractivity contribution in [3.8, 4) is 5.75 Å². The van der Waals surface area contributed by atoms with Crippen molar-refractivity contribution in [2.24, 2.45) is 0 Å². The van der Waals surface area contributed by atoms with E-state index in [1.165, 1.54) is 5.56 Å². The smallest absolute Gasteiger partial charge is 0.255 e. The molecule has 0 atom stereocenters. The molecule has 3 N–H and O–H groups in total. The van der Waals surface area contributed by atoms with Gasteiger partial charge in [-0.3, -0.25) is 4.79 Å². The number of nitrogens with zero attached hydrogens (tertiary/aromatic N) is 1. The summed E-state index contributed by atoms with van der Waals surface area (Å²) >= 11 is 3.40. The third-order valence-electron chi connectivity index (χ3n) is 3.71. The van der Waals surface area contributed by atoms with Crippen LogP contribution >= 0.6 is 15.9 Å². The number of nitrogen functional groups attached to an aromatic ring is 1. The fourth-order valence-corrected chi connectivity index (χ4v) is 3.01. The number of carbonyl (C=O) groups is 1. The number of rotatable bonds is 1. The number of amides is 1. The van der Waals surface area contributed by atoms with Crippen molar-refractivity contribution in [3.63, 3.8) is 0 Å². The maximum atomic E-state index is 12.6. The Morgan fingerprint density at radius 1 is 1.19 bits per heavy atom. The van der Waals surface area contributed by atoms with Gasteiger partial charge in [0.05, 0.1) is 5.56 Å². The van der Waals surface area contributed by atoms with Crippen LogP contribution in [0.25, 0.3) is 0 Å². The second-order valence-corrected chi connectivity index (χ2v) is 6.02. The van der Waals surface area contributed by atoms with E-state index in [0.717, 1.165) is 16.5 Å². The Kier molecular flexibility index (Phi) is 3.59. The van der Waals surface area contributed by atoms with Crippen LogP contribution in [0.4, 0.5) is 5.69 Å². The molecule has 0 fully saturated rings. The minimum absolute atomic E-state index is 0.0526. The van der Waals surface area contributed by atoms with Crippen molar-refractivity contribution in [1.29, 1.82) is 0 Å². The highest BCUT2D eigenvalue weighted by Gasteiger charge is 2.23. The minimum Gasteiger partial charge on any atom is -0.508 e. The third-order valence-corrected chi connectivity index (χ3v) is 4.40. The van der Waals surface area contributed by atoms with E-state index >= 15 is 0 Å². The van der Waals surface area contributed by atoms with Crippen LogP contribution in [0.15, 0.2) is 40.9 Å². The fraction of sp³-hybridized carbons (Fsp3) is 0.188. The lowest BCUT2D eigenvalue weighted by Gasteiger charge is -2.29. The number of hydrogen-bond donors (Lipinski definition) is 2. The van der Waals surface area contributed by atoms with Crippen molar-refractivity contribution in [2.75, 3.05) is 12.3 Å². The number of halogens is 1. The number of carbonyl (C=O) groups excluding carboxylic acids is 1. The third kappa shape index (κ3) is 2.74. The summed E-state index contributed by atoms with van der Waals surface area (Å²) in [5.74, 6) is 0.177. The van der Waals surface area contributed by atoms with E-state index in [1.54, 1.807) is 35.2 Å². The van der Waals surface area contributed by atoms with Crippen LogP contribution in [0.2, 0.25) is 0 Å². The minimum atomic E-state index is -0.0526. The van der Waals surface area contributed by atoms with Crippen LogP contribution in [-0.2, 0) is 13.0 Å². The summed E-state index contributed by atoms with van der Waals surface area (Å²) in [6, 6.07) is 10.6. The number of phenolic OH excluding ortho intramolecular Hbond substituents is 1. The summed E-state index contributed by atoms with van der Waals surface area (Å²) in [7, 11) is 0. The maximum absolute atomic E-state index is 12.6. The Morgan fingerprint density at radius 3 is 2.81 bits per heavy atom. The molecule has 0 aromatic heterocycles. The normalized spacial score (nSPS) is 13.9. The summed E-state index contributed by atoms with van der Waals surface area (Å²) in [6.45, 7) is 1.17. The Bertz CT molecular complexity index is 715. The molecule has 2 aromatic carbocycles. The van der Waals surface area contributed by atoms with Crippen LogP contribution in [0, 0.1) is 0 Å². The molecule has 0 saturated carbocycles. The molecule has 1 aliphatic rings. The van der Waals surface area contributed by atoms with Crippen LogP contribution < -0.4 is 5.73 Å². The highest BCUT2D eigenvalue weighted by molar-refractivity contribution is 9.10. The molecule has 1 aliphatic heterocycles. The first-order chi connectivity index (χ1) is 10.0. The van der Waals surface area contributed by atoms with E-state index in [9.17, 15) is 9.90 Å². The molecule has 0 bridgehead atoms. The molecular weight excluding hydrogens is 332 g/mol. The fourth-order valence-electron chi connectivity index (χ4n) is 2.59. The molecule has 1 heterocycles. The second kappa shape index (κ2) is 5.41. The molecule has 1 amide bonds. The SMILES string of the molecule is Nc1ccc(Br)c(C(=O)N2CCc3ccc(O)cc3C2)c1. The van der Waals surface area contributed by atoms with Gasteiger partial charge in [-0.05, 0) is 63.8 Å². The summed E-state index contributed by atoms with van der Waals surface area (Å²) in [5, 5.41) is 9.58. The monoisotopic (exact) mass is 346 g/mol. The van der Waals surface area contributed by atoms with Gasteiger partial charge in [-0.15, -0.1) is 0 Å². The first-order valence-electron chi connectivity index (χ1n) is 6.69. The quantitative estimate of drug-likeness (QED) is 0.780. The molecule has 0 radical (unpaired) electrons. The molecule has 3 rings (SSSR count). The summed E-state index contributed by atoms with van der Waals surface area (Å²) in [6.07, 6.45) is 0.793. The lowest BCUT2D eigenvalue weighted by atomic mass is 9.99. The topological polar surface area (TPSA) is 66.6 Å². The Hall–Kier alpha value is -2.01. The summed E-state index contributed by atoms with van der Waals surface area (Å²) in [4.78, 5) is 14.4. The van der Waals surface area contributed by atoms with E-state index in [1.807, 2.05) is 6.07 Å². The first kappa shape index (κ1) is 13.9. The van der Waals surface area contributed by atoms with Gasteiger partial charge in [0.1, 0.15) is 5.75 Å². The van der Waals surface area contributed by atoms with Gasteiger partial charge in [0.15, 0.2) is 0 Å². The second-order valence-electron chi connectivity index (χ2n) is 5.17. The zero-order valence-corrected chi connectivity index (χ0v) is 12.9. The summed E-state index contributed by atoms with van der Waals surface area (Å²) in [5.41, 5.74) is 9.08. The van der Waals surface area contributed by atoms with Gasteiger partial charge in [-0.1, -0.05) is 6.07 Å². The van der Waals surface area contributed by atoms with Gasteiger partial charge < -0.3 is 15.7 Å². The van der Waals surface area contributed by atoms with E-state index in [4.69, 9.17) is 5.73 Å². The Balaban J connectivity index is 1.88. The molecule has 108 valence electrons. The molecule has 21 heavy (non-hydrogen) atoms. The van der Waals surface area contributed by atoms with Crippen LogP contribution in [0.1, 0.15) is 21.5 Å². The van der Waals surface area contributed by atoms with E-state index in [-0.39, 0.29) is 11.7 Å². The first-order valence-corrected chi connectivity index (χ1v) is 7.49. The predicted molar refractivity (Wildman–Crippen MR) is 85.1 cm³/mol. The van der Waals surface area contributed by atoms with Crippen LogP contribution in [-0.4, -0.2) is 22.5 Å². The molecular formula is C16H15BrN2O2. The van der Waals surface area contributed by atoms with Crippen molar-refractivity contribution in [1.82, 2.24) is 4.90 Å². The molecule has 0 saturated heterocycles. The Morgan fingerprint density at radius 2 is 2.00 bits per heavy atom. The van der Waals surface area contributed by atoms with Crippen LogP contribution in [0.5, 0.6) is 5.75 Å². The van der Waals surface area contributed by atoms with Gasteiger partial charge in [0.2, 0.25) is 0 Å². The van der Waals surface area contributed by atoms with E-state index in [2.05, 4.69) is 15.9 Å². The lowest BCUT2D eigenvalue weighted by Crippen LogP contribution is -2.36. The van der Waals surface area contributed by atoms with Crippen molar-refractivity contribution < 1.29 is 9.90 Å². The largest absolute Gasteiger partial charge is 0.508 e. The van der Waals surface area contributed by atoms with Crippen LogP contribution in [0.3, 0.4) is 0 Å². The molecule has 2 aromatic rings. The summed E-state index contributed by atoms with van der Waals surface area (Å²) < 4.78 is 0.739. The number of hydrogen-bond acceptors (Lipinski definition) is 3. The molecule has 0 unspecified atom stereocenters. The molecule has 5 heteroatoms. The zero-order valence-electron chi connectivity index (χ0n) is 11.3. The Labute approximate surface area is 131 Å². The lowest BCUT2D eigenvalue weighted by molar-refractivity contribution is 0.0733. The number of anilines is 1. The maximum Gasteiger partial charge on any atom is 0.255 e. The highest BCUT2D eigenvalue weighted by atomic mass is 79.9. The average Bonchev–Trinajstić information content (AvgIpc) is 2.48. The zero-order chi connectivity index (χ0) is 15.0. The molecule has 0 aliphatic carbocycles. The number of nitrogens with two attached hydrogens (primary N) is 1. The number of phenols is 1. The average molecular weight is 347 g/mol. The van der Waals surface area contributed by atoms with Crippen molar-refractivity contribution >= 4 is 27.5 Å².